The summed E-state index contributed by atoms with van der Waals surface area (Å²) < 4.78 is 42.8. The second kappa shape index (κ2) is 6.30. The van der Waals surface area contributed by atoms with Gasteiger partial charge in [-0.2, -0.15) is 13.2 Å². The number of hydrogen-bond donors (Lipinski definition) is 2. The van der Waals surface area contributed by atoms with Crippen molar-refractivity contribution in [2.75, 3.05) is 18.5 Å². The largest absolute Gasteiger partial charge is 0.433 e. The van der Waals surface area contributed by atoms with Gasteiger partial charge in [0.25, 0.3) is 0 Å². The molecule has 2 amide bonds. The van der Waals surface area contributed by atoms with Gasteiger partial charge in [-0.05, 0) is 31.9 Å². The van der Waals surface area contributed by atoms with Crippen LogP contribution >= 0.6 is 0 Å². The first-order chi connectivity index (χ1) is 9.86. The molecule has 1 aliphatic heterocycles. The smallest absolute Gasteiger partial charge is 0.376 e. The van der Waals surface area contributed by atoms with Gasteiger partial charge in [-0.1, -0.05) is 0 Å². The van der Waals surface area contributed by atoms with E-state index in [9.17, 15) is 18.0 Å². The van der Waals surface area contributed by atoms with Crippen molar-refractivity contribution < 1.29 is 22.7 Å². The first-order valence-corrected chi connectivity index (χ1v) is 6.57. The molecule has 2 N–H and O–H groups in total. The highest BCUT2D eigenvalue weighted by molar-refractivity contribution is 5.89. The van der Waals surface area contributed by atoms with Crippen molar-refractivity contribution in [3.63, 3.8) is 0 Å². The number of nitrogens with zero attached hydrogens (tertiary/aromatic N) is 1. The zero-order chi connectivity index (χ0) is 15.5. The minimum Gasteiger partial charge on any atom is -0.376 e. The third-order valence-electron chi connectivity index (χ3n) is 3.14. The number of aryl methyl sites for hydroxylation is 1. The molecule has 0 saturated carbocycles. The zero-order valence-electron chi connectivity index (χ0n) is 11.5. The quantitative estimate of drug-likeness (QED) is 0.902. The number of hydrogen-bond acceptors (Lipinski definition) is 3. The standard InChI is InChI=1S/C13H16F3N3O2/c1-8-10(4-5-11(18-8)13(14,15)16)19-12(20)17-7-9-3-2-6-21-9/h4-5,9H,2-3,6-7H2,1H3,(H2,17,19,20)/t9-/m0/s1. The highest BCUT2D eigenvalue weighted by atomic mass is 19.4. The van der Waals surface area contributed by atoms with Crippen LogP contribution in [0.2, 0.25) is 0 Å². The maximum absolute atomic E-state index is 12.5. The minimum absolute atomic E-state index is 0.00239. The zero-order valence-corrected chi connectivity index (χ0v) is 11.5. The summed E-state index contributed by atoms with van der Waals surface area (Å²) in [5, 5.41) is 5.10. The molecule has 8 heteroatoms. The monoisotopic (exact) mass is 303 g/mol. The number of anilines is 1. The van der Waals surface area contributed by atoms with Gasteiger partial charge in [0.15, 0.2) is 0 Å². The van der Waals surface area contributed by atoms with E-state index < -0.39 is 17.9 Å². The summed E-state index contributed by atoms with van der Waals surface area (Å²) in [6, 6.07) is 1.54. The second-order valence-corrected chi connectivity index (χ2v) is 4.80. The lowest BCUT2D eigenvalue weighted by Crippen LogP contribution is -2.35. The molecule has 1 fully saturated rings. The van der Waals surface area contributed by atoms with E-state index in [1.165, 1.54) is 13.0 Å². The van der Waals surface area contributed by atoms with E-state index in [1.807, 2.05) is 0 Å². The van der Waals surface area contributed by atoms with Crippen LogP contribution in [0.3, 0.4) is 0 Å². The molecule has 0 unspecified atom stereocenters. The van der Waals surface area contributed by atoms with Crippen LogP contribution in [0.25, 0.3) is 0 Å². The van der Waals surface area contributed by atoms with Crippen molar-refractivity contribution in [1.82, 2.24) is 10.3 Å². The number of ether oxygens (including phenoxy) is 1. The maximum atomic E-state index is 12.5. The number of aromatic nitrogens is 1. The molecular weight excluding hydrogens is 287 g/mol. The summed E-state index contributed by atoms with van der Waals surface area (Å²) in [5.74, 6) is 0. The normalized spacial score (nSPS) is 18.6. The lowest BCUT2D eigenvalue weighted by molar-refractivity contribution is -0.141. The highest BCUT2D eigenvalue weighted by Gasteiger charge is 2.32. The summed E-state index contributed by atoms with van der Waals surface area (Å²) in [6.07, 6.45) is -2.63. The summed E-state index contributed by atoms with van der Waals surface area (Å²) in [6.45, 7) is 2.47. The van der Waals surface area contributed by atoms with Crippen molar-refractivity contribution in [2.45, 2.75) is 32.0 Å². The van der Waals surface area contributed by atoms with Gasteiger partial charge in [0.05, 0.1) is 17.5 Å². The van der Waals surface area contributed by atoms with E-state index in [4.69, 9.17) is 4.74 Å². The molecule has 2 rings (SSSR count). The molecule has 1 atom stereocenters. The fourth-order valence-electron chi connectivity index (χ4n) is 2.03. The fraction of sp³-hybridized carbons (Fsp3) is 0.538. The molecule has 116 valence electrons. The predicted molar refractivity (Wildman–Crippen MR) is 70.0 cm³/mol. The van der Waals surface area contributed by atoms with E-state index in [2.05, 4.69) is 15.6 Å². The molecule has 0 aliphatic carbocycles. The van der Waals surface area contributed by atoms with Crippen molar-refractivity contribution in [2.24, 2.45) is 0 Å². The predicted octanol–water partition coefficient (Wildman–Crippen LogP) is 2.71. The lowest BCUT2D eigenvalue weighted by atomic mass is 10.2. The number of nitrogens with one attached hydrogen (secondary N) is 2. The molecule has 0 radical (unpaired) electrons. The molecule has 1 aliphatic rings. The molecule has 0 spiro atoms. The lowest BCUT2D eigenvalue weighted by Gasteiger charge is -2.13. The molecule has 1 saturated heterocycles. The summed E-state index contributed by atoms with van der Waals surface area (Å²) in [7, 11) is 0. The fourth-order valence-corrected chi connectivity index (χ4v) is 2.03. The van der Waals surface area contributed by atoms with Crippen LogP contribution in [-0.4, -0.2) is 30.3 Å². The van der Waals surface area contributed by atoms with E-state index in [0.29, 0.717) is 13.2 Å². The van der Waals surface area contributed by atoms with Gasteiger partial charge in [-0.15, -0.1) is 0 Å². The minimum atomic E-state index is -4.49. The third kappa shape index (κ3) is 4.32. The van der Waals surface area contributed by atoms with Crippen molar-refractivity contribution in [3.8, 4) is 0 Å². The van der Waals surface area contributed by atoms with Gasteiger partial charge >= 0.3 is 12.2 Å². The van der Waals surface area contributed by atoms with Crippen LogP contribution in [-0.2, 0) is 10.9 Å². The van der Waals surface area contributed by atoms with E-state index in [1.54, 1.807) is 0 Å². The van der Waals surface area contributed by atoms with Gasteiger partial charge < -0.3 is 15.4 Å². The Morgan fingerprint density at radius 2 is 2.24 bits per heavy atom. The average molecular weight is 303 g/mol. The Morgan fingerprint density at radius 1 is 1.48 bits per heavy atom. The first-order valence-electron chi connectivity index (χ1n) is 6.57. The Bertz CT molecular complexity index is 514. The molecule has 0 bridgehead atoms. The van der Waals surface area contributed by atoms with Gasteiger partial charge in [0.1, 0.15) is 5.69 Å². The van der Waals surface area contributed by atoms with Gasteiger partial charge in [0, 0.05) is 13.2 Å². The van der Waals surface area contributed by atoms with Crippen LogP contribution in [0.1, 0.15) is 24.2 Å². The molecule has 0 aromatic carbocycles. The van der Waals surface area contributed by atoms with Gasteiger partial charge in [-0.25, -0.2) is 9.78 Å². The second-order valence-electron chi connectivity index (χ2n) is 4.80. The number of urea groups is 1. The van der Waals surface area contributed by atoms with Crippen LogP contribution in [0.5, 0.6) is 0 Å². The number of amides is 2. The van der Waals surface area contributed by atoms with Crippen LogP contribution in [0, 0.1) is 6.92 Å². The Hall–Kier alpha value is -1.83. The third-order valence-corrected chi connectivity index (χ3v) is 3.14. The molecule has 1 aromatic rings. The van der Waals surface area contributed by atoms with Crippen molar-refractivity contribution in [3.05, 3.63) is 23.5 Å². The summed E-state index contributed by atoms with van der Waals surface area (Å²) in [5.41, 5.74) is -0.629. The van der Waals surface area contributed by atoms with Gasteiger partial charge in [-0.3, -0.25) is 0 Å². The Morgan fingerprint density at radius 3 is 2.81 bits per heavy atom. The molecular formula is C13H16F3N3O2. The SMILES string of the molecule is Cc1nc(C(F)(F)F)ccc1NC(=O)NC[C@@H]1CCCO1. The summed E-state index contributed by atoms with van der Waals surface area (Å²) >= 11 is 0. The molecule has 1 aromatic heterocycles. The topological polar surface area (TPSA) is 63.2 Å². The number of pyridine rings is 1. The summed E-state index contributed by atoms with van der Waals surface area (Å²) in [4.78, 5) is 15.1. The van der Waals surface area contributed by atoms with Crippen molar-refractivity contribution in [1.29, 1.82) is 0 Å². The number of carbonyl (C=O) groups is 1. The molecule has 21 heavy (non-hydrogen) atoms. The van der Waals surface area contributed by atoms with E-state index in [-0.39, 0.29) is 17.5 Å². The Balaban J connectivity index is 1.91. The maximum Gasteiger partial charge on any atom is 0.433 e. The van der Waals surface area contributed by atoms with Crippen LogP contribution in [0.4, 0.5) is 23.7 Å². The Labute approximate surface area is 119 Å². The number of alkyl halides is 3. The molecule has 5 nitrogen and oxygen atoms in total. The highest BCUT2D eigenvalue weighted by Crippen LogP contribution is 2.29. The average Bonchev–Trinajstić information content (AvgIpc) is 2.91. The number of halogens is 3. The number of rotatable bonds is 3. The van der Waals surface area contributed by atoms with Crippen molar-refractivity contribution >= 4 is 11.7 Å². The first kappa shape index (κ1) is 15.6. The molecule has 2 heterocycles. The van der Waals surface area contributed by atoms with Crippen LogP contribution in [0.15, 0.2) is 12.1 Å². The number of carbonyl (C=O) groups excluding carboxylic acids is 1. The van der Waals surface area contributed by atoms with E-state index in [0.717, 1.165) is 18.9 Å². The Kier molecular flexibility index (Phi) is 4.66. The van der Waals surface area contributed by atoms with Gasteiger partial charge in [0.2, 0.25) is 0 Å². The van der Waals surface area contributed by atoms with Crippen LogP contribution < -0.4 is 10.6 Å². The van der Waals surface area contributed by atoms with E-state index >= 15 is 0 Å².